The Labute approximate surface area is 156 Å². The lowest BCUT2D eigenvalue weighted by atomic mass is 10.1. The number of nitrogens with one attached hydrogen (secondary N) is 2. The first kappa shape index (κ1) is 17.9. The first-order valence-electron chi connectivity index (χ1n) is 9.23. The summed E-state index contributed by atoms with van der Waals surface area (Å²) in [5.74, 6) is 0.672. The zero-order valence-corrected chi connectivity index (χ0v) is 15.2. The number of aromatic amines is 1. The molecule has 144 valence electrons. The lowest BCUT2D eigenvalue weighted by molar-refractivity contribution is 0.149. The molecule has 1 saturated carbocycles. The van der Waals surface area contributed by atoms with Gasteiger partial charge in [-0.15, -0.1) is 0 Å². The van der Waals surface area contributed by atoms with Gasteiger partial charge in [0.25, 0.3) is 12.0 Å². The van der Waals surface area contributed by atoms with Crippen LogP contribution in [0.3, 0.4) is 0 Å². The molecule has 0 unspecified atom stereocenters. The zero-order valence-electron chi connectivity index (χ0n) is 15.2. The van der Waals surface area contributed by atoms with Gasteiger partial charge in [0.1, 0.15) is 5.56 Å². The molecule has 4 rings (SSSR count). The van der Waals surface area contributed by atoms with Crippen molar-refractivity contribution in [3.8, 4) is 0 Å². The summed E-state index contributed by atoms with van der Waals surface area (Å²) in [7, 11) is 2.13. The van der Waals surface area contributed by atoms with E-state index < -0.39 is 17.5 Å². The fraction of sp³-hybridized carbons (Fsp3) is 0.474. The van der Waals surface area contributed by atoms with Gasteiger partial charge in [-0.25, -0.2) is 13.8 Å². The molecule has 0 bridgehead atoms. The molecule has 2 aromatic rings. The van der Waals surface area contributed by atoms with Gasteiger partial charge in [0, 0.05) is 43.8 Å². The van der Waals surface area contributed by atoms with Crippen molar-refractivity contribution in [3.05, 3.63) is 45.9 Å². The molecule has 2 fully saturated rings. The smallest absolute Gasteiger partial charge is 0.270 e. The second-order valence-electron chi connectivity index (χ2n) is 7.28. The number of likely N-dealkylation sites (N-methyl/N-ethyl adjacent to an activating group) is 1. The van der Waals surface area contributed by atoms with Crippen LogP contribution in [0.1, 0.15) is 36.3 Å². The second kappa shape index (κ2) is 7.26. The van der Waals surface area contributed by atoms with Gasteiger partial charge in [-0.1, -0.05) is 0 Å². The Kier molecular flexibility index (Phi) is 4.82. The van der Waals surface area contributed by atoms with E-state index in [1.807, 2.05) is 6.07 Å². The molecule has 0 spiro atoms. The highest BCUT2D eigenvalue weighted by Crippen LogP contribution is 2.45. The number of alkyl halides is 2. The number of rotatable bonds is 5. The molecule has 2 N–H and O–H groups in total. The molecular formula is C19H23F2N5O. The molecule has 0 atom stereocenters. The number of aromatic nitrogens is 2. The third-order valence-electron chi connectivity index (χ3n) is 5.24. The second-order valence-corrected chi connectivity index (χ2v) is 7.28. The molecule has 27 heavy (non-hydrogen) atoms. The molecule has 0 amide bonds. The maximum atomic E-state index is 12.7. The van der Waals surface area contributed by atoms with Crippen LogP contribution in [-0.4, -0.2) is 48.1 Å². The van der Waals surface area contributed by atoms with Crippen LogP contribution in [-0.2, 0) is 0 Å². The normalized spacial score (nSPS) is 18.1. The Balaban J connectivity index is 1.58. The third kappa shape index (κ3) is 3.95. The quantitative estimate of drug-likeness (QED) is 0.841. The summed E-state index contributed by atoms with van der Waals surface area (Å²) in [5, 5.41) is 3.10. The summed E-state index contributed by atoms with van der Waals surface area (Å²) in [4.78, 5) is 22.8. The predicted octanol–water partition coefficient (Wildman–Crippen LogP) is 3.08. The van der Waals surface area contributed by atoms with Crippen molar-refractivity contribution in [2.24, 2.45) is 0 Å². The van der Waals surface area contributed by atoms with Crippen molar-refractivity contribution < 1.29 is 8.78 Å². The molecule has 1 saturated heterocycles. The van der Waals surface area contributed by atoms with Gasteiger partial charge in [0.2, 0.25) is 5.95 Å². The minimum atomic E-state index is -2.83. The van der Waals surface area contributed by atoms with Crippen molar-refractivity contribution >= 4 is 17.3 Å². The van der Waals surface area contributed by atoms with E-state index in [9.17, 15) is 13.6 Å². The van der Waals surface area contributed by atoms with Crippen LogP contribution in [0.25, 0.3) is 0 Å². The summed E-state index contributed by atoms with van der Waals surface area (Å²) in [6.45, 7) is 4.08. The Bertz CT molecular complexity index is 873. The standard InChI is InChI=1S/C19H23F2N5O/c1-25-6-8-26(9-7-25)13-4-5-16(14(10-13)12-2-3-12)23-19-22-11-15(17(20)21)18(27)24-19/h4-5,10-12,17H,2-3,6-9H2,1H3,(H2,22,23,24,27). The molecule has 1 aromatic heterocycles. The summed E-state index contributed by atoms with van der Waals surface area (Å²) in [5.41, 5.74) is 1.82. The number of halogens is 2. The predicted molar refractivity (Wildman–Crippen MR) is 101 cm³/mol. The fourth-order valence-electron chi connectivity index (χ4n) is 3.41. The monoisotopic (exact) mass is 375 g/mol. The first-order valence-corrected chi connectivity index (χ1v) is 9.23. The summed E-state index contributed by atoms with van der Waals surface area (Å²) in [6, 6.07) is 6.25. The number of hydrogen-bond acceptors (Lipinski definition) is 5. The molecule has 8 heteroatoms. The lowest BCUT2D eigenvalue weighted by Gasteiger charge is -2.34. The van der Waals surface area contributed by atoms with E-state index in [0.717, 1.165) is 50.9 Å². The van der Waals surface area contributed by atoms with Crippen molar-refractivity contribution in [2.45, 2.75) is 25.2 Å². The number of H-pyrrole nitrogens is 1. The molecule has 1 aliphatic heterocycles. The average molecular weight is 375 g/mol. The third-order valence-corrected chi connectivity index (χ3v) is 5.24. The SMILES string of the molecule is CN1CCN(c2ccc(Nc3ncc(C(F)F)c(=O)[nH]3)c(C3CC3)c2)CC1. The van der Waals surface area contributed by atoms with E-state index in [1.165, 1.54) is 11.3 Å². The number of piperazine rings is 1. The lowest BCUT2D eigenvalue weighted by Crippen LogP contribution is -2.44. The van der Waals surface area contributed by atoms with Gasteiger partial charge in [-0.3, -0.25) is 9.78 Å². The molecule has 1 aromatic carbocycles. The average Bonchev–Trinajstić information content (AvgIpc) is 3.48. The van der Waals surface area contributed by atoms with Gasteiger partial charge in [-0.2, -0.15) is 0 Å². The van der Waals surface area contributed by atoms with E-state index in [0.29, 0.717) is 5.92 Å². The summed E-state index contributed by atoms with van der Waals surface area (Å²) < 4.78 is 25.4. The van der Waals surface area contributed by atoms with Crippen LogP contribution in [0.2, 0.25) is 0 Å². The van der Waals surface area contributed by atoms with E-state index in [4.69, 9.17) is 0 Å². The van der Waals surface area contributed by atoms with E-state index in [-0.39, 0.29) is 5.95 Å². The zero-order chi connectivity index (χ0) is 19.0. The molecular weight excluding hydrogens is 352 g/mol. The Morgan fingerprint density at radius 1 is 1.22 bits per heavy atom. The van der Waals surface area contributed by atoms with Crippen LogP contribution in [0.4, 0.5) is 26.1 Å². The van der Waals surface area contributed by atoms with Crippen molar-refractivity contribution in [2.75, 3.05) is 43.4 Å². The maximum absolute atomic E-state index is 12.7. The van der Waals surface area contributed by atoms with Crippen LogP contribution < -0.4 is 15.8 Å². The van der Waals surface area contributed by atoms with Gasteiger partial charge >= 0.3 is 0 Å². The Morgan fingerprint density at radius 3 is 2.59 bits per heavy atom. The molecule has 1 aliphatic carbocycles. The van der Waals surface area contributed by atoms with Crippen molar-refractivity contribution in [1.29, 1.82) is 0 Å². The number of anilines is 3. The van der Waals surface area contributed by atoms with E-state index >= 15 is 0 Å². The van der Waals surface area contributed by atoms with Crippen molar-refractivity contribution in [1.82, 2.24) is 14.9 Å². The number of hydrogen-bond donors (Lipinski definition) is 2. The molecule has 0 radical (unpaired) electrons. The minimum absolute atomic E-state index is 0.179. The minimum Gasteiger partial charge on any atom is -0.369 e. The van der Waals surface area contributed by atoms with Gasteiger partial charge in [0.15, 0.2) is 0 Å². The van der Waals surface area contributed by atoms with Crippen LogP contribution in [0, 0.1) is 0 Å². The highest BCUT2D eigenvalue weighted by atomic mass is 19.3. The Hall–Kier alpha value is -2.48. The fourth-order valence-corrected chi connectivity index (χ4v) is 3.41. The summed E-state index contributed by atoms with van der Waals surface area (Å²) in [6.07, 6.45) is 0.367. The number of benzene rings is 1. The highest BCUT2D eigenvalue weighted by Gasteiger charge is 2.27. The van der Waals surface area contributed by atoms with E-state index in [2.05, 4.69) is 44.3 Å². The van der Waals surface area contributed by atoms with Crippen LogP contribution >= 0.6 is 0 Å². The topological polar surface area (TPSA) is 64.3 Å². The molecule has 2 aliphatic rings. The maximum Gasteiger partial charge on any atom is 0.270 e. The van der Waals surface area contributed by atoms with Gasteiger partial charge < -0.3 is 15.1 Å². The first-order chi connectivity index (χ1) is 13.0. The van der Waals surface area contributed by atoms with Gasteiger partial charge in [0.05, 0.1) is 0 Å². The van der Waals surface area contributed by atoms with E-state index in [1.54, 1.807) is 0 Å². The highest BCUT2D eigenvalue weighted by molar-refractivity contribution is 5.66. The van der Waals surface area contributed by atoms with Crippen LogP contribution in [0.5, 0.6) is 0 Å². The summed E-state index contributed by atoms with van der Waals surface area (Å²) >= 11 is 0. The number of nitrogens with zero attached hydrogens (tertiary/aromatic N) is 3. The molecule has 6 nitrogen and oxygen atoms in total. The van der Waals surface area contributed by atoms with Crippen LogP contribution in [0.15, 0.2) is 29.2 Å². The van der Waals surface area contributed by atoms with Gasteiger partial charge in [-0.05, 0) is 49.6 Å². The largest absolute Gasteiger partial charge is 0.369 e. The molecule has 2 heterocycles. The van der Waals surface area contributed by atoms with Crippen molar-refractivity contribution in [3.63, 3.8) is 0 Å². The Morgan fingerprint density at radius 2 is 1.96 bits per heavy atom.